The quantitative estimate of drug-likeness (QED) is 0.645. The highest BCUT2D eigenvalue weighted by Crippen LogP contribution is 2.36. The molecule has 1 aromatic heterocycles. The topological polar surface area (TPSA) is 48.4 Å². The van der Waals surface area contributed by atoms with Crippen molar-refractivity contribution in [3.05, 3.63) is 59.2 Å². The van der Waals surface area contributed by atoms with E-state index in [1.54, 1.807) is 6.07 Å². The van der Waals surface area contributed by atoms with Gasteiger partial charge in [0.25, 0.3) is 0 Å². The number of hydrogen-bond acceptors (Lipinski definition) is 2. The first-order valence-corrected chi connectivity index (χ1v) is 6.88. The van der Waals surface area contributed by atoms with Gasteiger partial charge >= 0.3 is 6.18 Å². The Kier molecular flexibility index (Phi) is 3.60. The lowest BCUT2D eigenvalue weighted by Gasteiger charge is -2.08. The maximum Gasteiger partial charge on any atom is 0.418 e. The molecule has 1 heterocycles. The Bertz CT molecular complexity index is 894. The van der Waals surface area contributed by atoms with Gasteiger partial charge in [-0.05, 0) is 31.2 Å². The number of benzene rings is 2. The van der Waals surface area contributed by atoms with Crippen molar-refractivity contribution >= 4 is 22.8 Å². The number of aromatic nitrogens is 1. The first-order valence-electron chi connectivity index (χ1n) is 6.88. The molecule has 2 N–H and O–H groups in total. The van der Waals surface area contributed by atoms with E-state index in [9.17, 15) is 18.3 Å². The summed E-state index contributed by atoms with van der Waals surface area (Å²) in [7, 11) is 0. The van der Waals surface area contributed by atoms with Crippen LogP contribution >= 0.6 is 0 Å². The summed E-state index contributed by atoms with van der Waals surface area (Å²) < 4.78 is 38.9. The number of nitrogens with zero attached hydrogens (tertiary/aromatic N) is 1. The third kappa shape index (κ3) is 2.92. The molecule has 0 radical (unpaired) electrons. The lowest BCUT2D eigenvalue weighted by atomic mass is 10.1. The van der Waals surface area contributed by atoms with Crippen LogP contribution in [0.15, 0.2) is 47.5 Å². The number of fused-ring (bicyclic) bond motifs is 1. The predicted molar refractivity (Wildman–Crippen MR) is 83.4 cm³/mol. The Balaban J connectivity index is 2.08. The van der Waals surface area contributed by atoms with E-state index >= 15 is 0 Å². The van der Waals surface area contributed by atoms with Crippen LogP contribution in [0.25, 0.3) is 10.9 Å². The van der Waals surface area contributed by atoms with E-state index in [-0.39, 0.29) is 11.6 Å². The number of alkyl halides is 3. The average Bonchev–Trinajstić information content (AvgIpc) is 2.79. The van der Waals surface area contributed by atoms with E-state index in [0.717, 1.165) is 11.6 Å². The van der Waals surface area contributed by atoms with Crippen LogP contribution in [-0.2, 0) is 6.18 Å². The van der Waals surface area contributed by atoms with Gasteiger partial charge in [0.1, 0.15) is 0 Å². The molecular weight excluding hydrogens is 305 g/mol. The number of nitrogens with one attached hydrogen (secondary N) is 1. The number of rotatable bonds is 2. The Morgan fingerprint density at radius 3 is 2.61 bits per heavy atom. The minimum absolute atomic E-state index is 0.126. The standard InChI is InChI=1S/C17H13F3N2O/c1-10-6-7-14-11(8-10)12(16(23)22-14)9-21-15-5-3-2-4-13(15)17(18,19)20/h2-9,22-23H,1H3. The fourth-order valence-corrected chi connectivity index (χ4v) is 2.40. The van der Waals surface area contributed by atoms with Crippen molar-refractivity contribution < 1.29 is 18.3 Å². The van der Waals surface area contributed by atoms with E-state index < -0.39 is 11.7 Å². The minimum atomic E-state index is -4.48. The number of hydrogen-bond donors (Lipinski definition) is 2. The lowest BCUT2D eigenvalue weighted by molar-refractivity contribution is -0.137. The Hall–Kier alpha value is -2.76. The molecule has 0 atom stereocenters. The summed E-state index contributed by atoms with van der Waals surface area (Å²) in [6.45, 7) is 1.89. The molecule has 23 heavy (non-hydrogen) atoms. The Morgan fingerprint density at radius 2 is 1.87 bits per heavy atom. The molecule has 0 amide bonds. The zero-order valence-corrected chi connectivity index (χ0v) is 12.1. The van der Waals surface area contributed by atoms with Gasteiger partial charge in [-0.15, -0.1) is 0 Å². The maximum absolute atomic E-state index is 13.0. The molecule has 0 aliphatic carbocycles. The van der Waals surface area contributed by atoms with Crippen molar-refractivity contribution in [3.8, 4) is 5.88 Å². The van der Waals surface area contributed by atoms with Gasteiger partial charge in [0.05, 0.1) is 16.8 Å². The van der Waals surface area contributed by atoms with Crippen LogP contribution in [-0.4, -0.2) is 16.3 Å². The zero-order valence-electron chi connectivity index (χ0n) is 12.1. The van der Waals surface area contributed by atoms with E-state index in [1.165, 1.54) is 24.4 Å². The summed E-state index contributed by atoms with van der Waals surface area (Å²) in [4.78, 5) is 6.71. The Morgan fingerprint density at radius 1 is 1.13 bits per heavy atom. The van der Waals surface area contributed by atoms with Gasteiger partial charge in [-0.25, -0.2) is 0 Å². The van der Waals surface area contributed by atoms with Gasteiger partial charge in [-0.2, -0.15) is 13.2 Å². The molecule has 3 nitrogen and oxygen atoms in total. The first kappa shape index (κ1) is 15.1. The van der Waals surface area contributed by atoms with Gasteiger partial charge < -0.3 is 10.1 Å². The molecule has 0 bridgehead atoms. The summed E-state index contributed by atoms with van der Waals surface area (Å²) in [6.07, 6.45) is -3.23. The van der Waals surface area contributed by atoms with Crippen molar-refractivity contribution in [1.82, 2.24) is 4.98 Å². The van der Waals surface area contributed by atoms with Crippen molar-refractivity contribution in [3.63, 3.8) is 0 Å². The number of aromatic hydroxyl groups is 1. The van der Waals surface area contributed by atoms with Gasteiger partial charge in [0.15, 0.2) is 5.88 Å². The molecule has 0 saturated heterocycles. The summed E-state index contributed by atoms with van der Waals surface area (Å²) in [5.74, 6) is -0.126. The number of aryl methyl sites for hydroxylation is 1. The van der Waals surface area contributed by atoms with Crippen molar-refractivity contribution in [2.24, 2.45) is 4.99 Å². The average molecular weight is 318 g/mol. The molecule has 118 valence electrons. The third-order valence-corrected chi connectivity index (χ3v) is 3.52. The molecule has 0 spiro atoms. The summed E-state index contributed by atoms with van der Waals surface area (Å²) in [5, 5.41) is 10.7. The molecule has 3 aromatic rings. The van der Waals surface area contributed by atoms with Gasteiger partial charge in [-0.1, -0.05) is 23.8 Å². The normalized spacial score (nSPS) is 12.3. The second-order valence-corrected chi connectivity index (χ2v) is 5.21. The molecule has 3 rings (SSSR count). The van der Waals surface area contributed by atoms with Crippen LogP contribution < -0.4 is 0 Å². The Labute approximate surface area is 130 Å². The van der Waals surface area contributed by atoms with Crippen LogP contribution in [0.4, 0.5) is 18.9 Å². The van der Waals surface area contributed by atoms with Crippen molar-refractivity contribution in [1.29, 1.82) is 0 Å². The maximum atomic E-state index is 13.0. The van der Waals surface area contributed by atoms with E-state index in [4.69, 9.17) is 0 Å². The number of aliphatic imine (C=N–C) groups is 1. The molecule has 0 fully saturated rings. The van der Waals surface area contributed by atoms with E-state index in [2.05, 4.69) is 9.98 Å². The minimum Gasteiger partial charge on any atom is -0.494 e. The summed E-state index contributed by atoms with van der Waals surface area (Å²) in [5.41, 5.74) is 1.02. The fraction of sp³-hybridized carbons (Fsp3) is 0.118. The molecule has 0 unspecified atom stereocenters. The van der Waals surface area contributed by atoms with Crippen LogP contribution in [0.3, 0.4) is 0 Å². The molecule has 2 aromatic carbocycles. The molecule has 0 saturated carbocycles. The highest BCUT2D eigenvalue weighted by Gasteiger charge is 2.33. The number of para-hydroxylation sites is 1. The smallest absolute Gasteiger partial charge is 0.418 e. The van der Waals surface area contributed by atoms with Gasteiger partial charge in [-0.3, -0.25) is 4.99 Å². The first-order chi connectivity index (χ1) is 10.9. The van der Waals surface area contributed by atoms with Crippen molar-refractivity contribution in [2.75, 3.05) is 0 Å². The molecule has 0 aliphatic rings. The van der Waals surface area contributed by atoms with Gasteiger partial charge in [0.2, 0.25) is 0 Å². The molecule has 0 aliphatic heterocycles. The van der Waals surface area contributed by atoms with Crippen LogP contribution in [0.1, 0.15) is 16.7 Å². The van der Waals surface area contributed by atoms with Crippen LogP contribution in [0.5, 0.6) is 5.88 Å². The van der Waals surface area contributed by atoms with Gasteiger partial charge in [0, 0.05) is 17.1 Å². The predicted octanol–water partition coefficient (Wildman–Crippen LogP) is 4.95. The second-order valence-electron chi connectivity index (χ2n) is 5.21. The molecule has 6 heteroatoms. The summed E-state index contributed by atoms with van der Waals surface area (Å²) >= 11 is 0. The van der Waals surface area contributed by atoms with Crippen LogP contribution in [0, 0.1) is 6.92 Å². The lowest BCUT2D eigenvalue weighted by Crippen LogP contribution is -2.04. The highest BCUT2D eigenvalue weighted by molar-refractivity contribution is 6.02. The highest BCUT2D eigenvalue weighted by atomic mass is 19.4. The van der Waals surface area contributed by atoms with E-state index in [0.29, 0.717) is 16.5 Å². The monoisotopic (exact) mass is 318 g/mol. The van der Waals surface area contributed by atoms with E-state index in [1.807, 2.05) is 19.1 Å². The zero-order chi connectivity index (χ0) is 16.6. The number of aromatic amines is 1. The third-order valence-electron chi connectivity index (χ3n) is 3.52. The second kappa shape index (κ2) is 5.46. The fourth-order valence-electron chi connectivity index (χ4n) is 2.40. The molecular formula is C17H13F3N2O. The van der Waals surface area contributed by atoms with Crippen LogP contribution in [0.2, 0.25) is 0 Å². The summed E-state index contributed by atoms with van der Waals surface area (Å²) in [6, 6.07) is 10.6. The number of H-pyrrole nitrogens is 1. The van der Waals surface area contributed by atoms with Crippen molar-refractivity contribution in [2.45, 2.75) is 13.1 Å². The largest absolute Gasteiger partial charge is 0.494 e. The SMILES string of the molecule is Cc1ccc2[nH]c(O)c(C=Nc3ccccc3C(F)(F)F)c2c1. The number of halogens is 3.